The molecule has 1 aliphatic heterocycles. The molecule has 1 fully saturated rings. The predicted octanol–water partition coefficient (Wildman–Crippen LogP) is 3.67. The number of nitrogens with one attached hydrogen (secondary N) is 4. The van der Waals surface area contributed by atoms with Crippen molar-refractivity contribution in [2.45, 2.75) is 18.9 Å². The lowest BCUT2D eigenvalue weighted by atomic mass is 10.1. The first-order chi connectivity index (χ1) is 17.1. The highest BCUT2D eigenvalue weighted by Crippen LogP contribution is 2.35. The van der Waals surface area contributed by atoms with Crippen molar-refractivity contribution >= 4 is 34.4 Å². The Labute approximate surface area is 203 Å². The Balaban J connectivity index is 1.55. The van der Waals surface area contributed by atoms with Gasteiger partial charge in [0.15, 0.2) is 0 Å². The molecule has 0 bridgehead atoms. The molecule has 0 spiro atoms. The summed E-state index contributed by atoms with van der Waals surface area (Å²) in [4.78, 5) is 24.9. The van der Waals surface area contributed by atoms with E-state index in [1.165, 1.54) is 0 Å². The minimum atomic E-state index is -0.185. The molecule has 0 atom stereocenters. The summed E-state index contributed by atoms with van der Waals surface area (Å²) in [7, 11) is 5.16. The van der Waals surface area contributed by atoms with Crippen LogP contribution in [-0.4, -0.2) is 58.8 Å². The van der Waals surface area contributed by atoms with E-state index in [2.05, 4.69) is 33.2 Å². The van der Waals surface area contributed by atoms with Crippen LogP contribution in [0.5, 0.6) is 5.75 Å². The molecule has 0 radical (unpaired) electrons. The summed E-state index contributed by atoms with van der Waals surface area (Å²) in [6.07, 6.45) is 7.88. The fourth-order valence-corrected chi connectivity index (χ4v) is 4.32. The third kappa shape index (κ3) is 4.65. The summed E-state index contributed by atoms with van der Waals surface area (Å²) in [5.41, 5.74) is 4.01. The number of ether oxygens (including phenoxy) is 2. The molecule has 10 nitrogen and oxygen atoms in total. The lowest BCUT2D eigenvalue weighted by Crippen LogP contribution is -2.28. The molecule has 10 heteroatoms. The topological polar surface area (TPSA) is 118 Å². The number of nitrogens with zero attached hydrogens (tertiary/aromatic N) is 3. The van der Waals surface area contributed by atoms with Crippen molar-refractivity contribution < 1.29 is 14.3 Å². The maximum Gasteiger partial charge on any atom is 0.251 e. The molecule has 1 saturated heterocycles. The molecular weight excluding hydrogens is 446 g/mol. The number of anilines is 3. The first kappa shape index (κ1) is 22.7. The fourth-order valence-electron chi connectivity index (χ4n) is 4.32. The first-order valence-corrected chi connectivity index (χ1v) is 11.6. The molecule has 4 heterocycles. The quantitative estimate of drug-likeness (QED) is 0.322. The van der Waals surface area contributed by atoms with Crippen LogP contribution in [0.2, 0.25) is 0 Å². The van der Waals surface area contributed by atoms with Crippen molar-refractivity contribution in [2.24, 2.45) is 7.05 Å². The number of benzene rings is 1. The SMILES string of the molecule is CNC(=O)c1ccc(Nc2nc(NC3CCOCC3)c3c(-c4ccn(C)c4)c[nH]c3n2)c(OC)c1. The van der Waals surface area contributed by atoms with Crippen LogP contribution in [0, 0.1) is 0 Å². The van der Waals surface area contributed by atoms with Gasteiger partial charge in [0.05, 0.1) is 18.2 Å². The second-order valence-electron chi connectivity index (χ2n) is 8.54. The fraction of sp³-hybridized carbons (Fsp3) is 0.320. The summed E-state index contributed by atoms with van der Waals surface area (Å²) < 4.78 is 13.1. The zero-order valence-electron chi connectivity index (χ0n) is 20.0. The molecule has 0 unspecified atom stereocenters. The molecule has 5 rings (SSSR count). The number of methoxy groups -OCH3 is 1. The molecule has 4 N–H and O–H groups in total. The van der Waals surface area contributed by atoms with Gasteiger partial charge in [-0.3, -0.25) is 4.79 Å². The van der Waals surface area contributed by atoms with E-state index in [0.717, 1.165) is 54.0 Å². The smallest absolute Gasteiger partial charge is 0.251 e. The molecule has 35 heavy (non-hydrogen) atoms. The van der Waals surface area contributed by atoms with Crippen LogP contribution in [0.15, 0.2) is 42.9 Å². The normalized spacial score (nSPS) is 14.1. The number of rotatable bonds is 7. The highest BCUT2D eigenvalue weighted by molar-refractivity contribution is 6.01. The monoisotopic (exact) mass is 475 g/mol. The standard InChI is InChI=1S/C25H29N7O3/c1-26-24(33)15-4-5-19(20(12-15)34-3)29-25-30-22-21(18(13-27-22)16-6-9-32(2)14-16)23(31-25)28-17-7-10-35-11-8-17/h4-6,9,12-14,17H,7-8,10-11H2,1-3H3,(H,26,33)(H3,27,28,29,30,31). The molecule has 1 aliphatic rings. The molecule has 0 saturated carbocycles. The van der Waals surface area contributed by atoms with Gasteiger partial charge in [-0.05, 0) is 37.1 Å². The number of carbonyl (C=O) groups excluding carboxylic acids is 1. The van der Waals surface area contributed by atoms with Gasteiger partial charge in [-0.1, -0.05) is 0 Å². The van der Waals surface area contributed by atoms with E-state index in [1.54, 1.807) is 32.4 Å². The van der Waals surface area contributed by atoms with Gasteiger partial charge < -0.3 is 35.0 Å². The second-order valence-corrected chi connectivity index (χ2v) is 8.54. The third-order valence-electron chi connectivity index (χ3n) is 6.17. The van der Waals surface area contributed by atoms with Crippen molar-refractivity contribution in [3.63, 3.8) is 0 Å². The number of hydrogen-bond donors (Lipinski definition) is 4. The van der Waals surface area contributed by atoms with Gasteiger partial charge in [0.1, 0.15) is 17.2 Å². The average molecular weight is 476 g/mol. The van der Waals surface area contributed by atoms with Crippen molar-refractivity contribution in [2.75, 3.05) is 38.0 Å². The van der Waals surface area contributed by atoms with Gasteiger partial charge in [-0.15, -0.1) is 0 Å². The van der Waals surface area contributed by atoms with E-state index in [-0.39, 0.29) is 11.9 Å². The van der Waals surface area contributed by atoms with Crippen LogP contribution in [0.25, 0.3) is 22.2 Å². The van der Waals surface area contributed by atoms with Crippen LogP contribution in [0.3, 0.4) is 0 Å². The number of aromatic nitrogens is 4. The van der Waals surface area contributed by atoms with Crippen LogP contribution < -0.4 is 20.7 Å². The van der Waals surface area contributed by atoms with Crippen molar-refractivity contribution in [3.8, 4) is 16.9 Å². The number of carbonyl (C=O) groups is 1. The maximum absolute atomic E-state index is 12.0. The summed E-state index contributed by atoms with van der Waals surface area (Å²) in [6, 6.07) is 7.53. The number of aryl methyl sites for hydroxylation is 1. The van der Waals surface area contributed by atoms with E-state index >= 15 is 0 Å². The van der Waals surface area contributed by atoms with Crippen LogP contribution in [-0.2, 0) is 11.8 Å². The summed E-state index contributed by atoms with van der Waals surface area (Å²) in [5.74, 6) is 1.51. The van der Waals surface area contributed by atoms with Gasteiger partial charge in [-0.2, -0.15) is 9.97 Å². The molecular formula is C25H29N7O3. The Morgan fingerprint density at radius 2 is 2.06 bits per heavy atom. The Morgan fingerprint density at radius 1 is 1.23 bits per heavy atom. The Morgan fingerprint density at radius 3 is 2.77 bits per heavy atom. The van der Waals surface area contributed by atoms with E-state index < -0.39 is 0 Å². The number of aromatic amines is 1. The zero-order chi connectivity index (χ0) is 24.4. The molecule has 3 aromatic heterocycles. The number of fused-ring (bicyclic) bond motifs is 1. The van der Waals surface area contributed by atoms with Gasteiger partial charge >= 0.3 is 0 Å². The van der Waals surface area contributed by atoms with Gasteiger partial charge in [0.2, 0.25) is 5.95 Å². The average Bonchev–Trinajstić information content (AvgIpc) is 3.50. The number of H-pyrrole nitrogens is 1. The predicted molar refractivity (Wildman–Crippen MR) is 135 cm³/mol. The highest BCUT2D eigenvalue weighted by Gasteiger charge is 2.21. The van der Waals surface area contributed by atoms with E-state index in [9.17, 15) is 4.79 Å². The molecule has 182 valence electrons. The molecule has 1 aromatic carbocycles. The van der Waals surface area contributed by atoms with E-state index in [1.807, 2.05) is 24.0 Å². The minimum Gasteiger partial charge on any atom is -0.495 e. The Kier molecular flexibility index (Phi) is 6.28. The van der Waals surface area contributed by atoms with Crippen molar-refractivity contribution in [1.82, 2.24) is 24.8 Å². The van der Waals surface area contributed by atoms with Crippen LogP contribution >= 0.6 is 0 Å². The van der Waals surface area contributed by atoms with Gasteiger partial charge in [0.25, 0.3) is 5.91 Å². The molecule has 0 aliphatic carbocycles. The van der Waals surface area contributed by atoms with Gasteiger partial charge in [-0.25, -0.2) is 0 Å². The highest BCUT2D eigenvalue weighted by atomic mass is 16.5. The van der Waals surface area contributed by atoms with E-state index in [4.69, 9.17) is 19.4 Å². The lowest BCUT2D eigenvalue weighted by Gasteiger charge is -2.24. The van der Waals surface area contributed by atoms with E-state index in [0.29, 0.717) is 22.9 Å². The molecule has 1 amide bonds. The van der Waals surface area contributed by atoms with Gasteiger partial charge in [0, 0.05) is 68.6 Å². The summed E-state index contributed by atoms with van der Waals surface area (Å²) in [6.45, 7) is 1.45. The van der Waals surface area contributed by atoms with Crippen molar-refractivity contribution in [1.29, 1.82) is 0 Å². The molecule has 4 aromatic rings. The maximum atomic E-state index is 12.0. The minimum absolute atomic E-state index is 0.185. The lowest BCUT2D eigenvalue weighted by molar-refractivity contribution is 0.0904. The summed E-state index contributed by atoms with van der Waals surface area (Å²) >= 11 is 0. The third-order valence-corrected chi connectivity index (χ3v) is 6.17. The van der Waals surface area contributed by atoms with Crippen LogP contribution in [0.4, 0.5) is 17.5 Å². The largest absolute Gasteiger partial charge is 0.495 e. The summed E-state index contributed by atoms with van der Waals surface area (Å²) in [5, 5.41) is 10.5. The first-order valence-electron chi connectivity index (χ1n) is 11.6. The Hall–Kier alpha value is -4.05. The number of amides is 1. The second kappa shape index (κ2) is 9.67. The van der Waals surface area contributed by atoms with Crippen LogP contribution in [0.1, 0.15) is 23.2 Å². The zero-order valence-corrected chi connectivity index (χ0v) is 20.0. The van der Waals surface area contributed by atoms with Crippen molar-refractivity contribution in [3.05, 3.63) is 48.4 Å². The Bertz CT molecular complexity index is 1350. The number of hydrogen-bond acceptors (Lipinski definition) is 7.